The first-order valence-electron chi connectivity index (χ1n) is 5.74. The van der Waals surface area contributed by atoms with Crippen molar-refractivity contribution in [2.24, 2.45) is 10.8 Å². The van der Waals surface area contributed by atoms with E-state index in [0.717, 1.165) is 0 Å². The van der Waals surface area contributed by atoms with Gasteiger partial charge in [-0.1, -0.05) is 53.2 Å². The fourth-order valence-corrected chi connectivity index (χ4v) is 2.73. The topological polar surface area (TPSA) is 12.0 Å². The minimum atomic E-state index is 0.0266. The van der Waals surface area contributed by atoms with Gasteiger partial charge in [-0.25, -0.2) is 0 Å². The molecule has 0 radical (unpaired) electrons. The van der Waals surface area contributed by atoms with Crippen LogP contribution < -0.4 is 5.32 Å². The molecule has 1 aliphatic heterocycles. The van der Waals surface area contributed by atoms with Crippen LogP contribution in [-0.2, 0) is 0 Å². The van der Waals surface area contributed by atoms with E-state index in [1.54, 1.807) is 0 Å². The number of allylic oxidation sites excluding steroid dienone is 2. The second-order valence-corrected chi connectivity index (χ2v) is 6.67. The molecule has 0 spiro atoms. The molecule has 1 rings (SSSR count). The van der Waals surface area contributed by atoms with Gasteiger partial charge >= 0.3 is 0 Å². The molecule has 0 bridgehead atoms. The van der Waals surface area contributed by atoms with Crippen molar-refractivity contribution in [2.75, 3.05) is 0 Å². The third-order valence-corrected chi connectivity index (χ3v) is 3.47. The number of nitrogens with one attached hydrogen (secondary N) is 1. The van der Waals surface area contributed by atoms with Crippen molar-refractivity contribution in [3.05, 3.63) is 23.9 Å². The van der Waals surface area contributed by atoms with Gasteiger partial charge in [-0.2, -0.15) is 0 Å². The van der Waals surface area contributed by atoms with Crippen molar-refractivity contribution in [2.45, 2.75) is 54.0 Å². The minimum absolute atomic E-state index is 0.0266. The predicted molar refractivity (Wildman–Crippen MR) is 67.7 cm³/mol. The van der Waals surface area contributed by atoms with Gasteiger partial charge in [-0.3, -0.25) is 0 Å². The van der Waals surface area contributed by atoms with E-state index in [2.05, 4.69) is 72.1 Å². The van der Waals surface area contributed by atoms with Crippen LogP contribution in [0.2, 0.25) is 0 Å². The van der Waals surface area contributed by atoms with Crippen molar-refractivity contribution in [1.29, 1.82) is 0 Å². The second kappa shape index (κ2) is 3.40. The van der Waals surface area contributed by atoms with Gasteiger partial charge in [0.1, 0.15) is 0 Å². The molecule has 0 aromatic heterocycles. The zero-order valence-electron chi connectivity index (χ0n) is 11.2. The average molecular weight is 207 g/mol. The lowest BCUT2D eigenvalue weighted by atomic mass is 9.59. The molecule has 0 saturated carbocycles. The quantitative estimate of drug-likeness (QED) is 0.635. The Balaban J connectivity index is 3.28. The lowest BCUT2D eigenvalue weighted by molar-refractivity contribution is 0.0775. The number of dihydropyridines is 1. The third-order valence-electron chi connectivity index (χ3n) is 3.47. The first kappa shape index (κ1) is 12.4. The van der Waals surface area contributed by atoms with Gasteiger partial charge in [0, 0.05) is 0 Å². The van der Waals surface area contributed by atoms with Crippen molar-refractivity contribution in [3.8, 4) is 0 Å². The van der Waals surface area contributed by atoms with Gasteiger partial charge in [0.05, 0.1) is 5.54 Å². The van der Waals surface area contributed by atoms with E-state index in [0.29, 0.717) is 0 Å². The maximum absolute atomic E-state index is 3.59. The third kappa shape index (κ3) is 1.97. The number of hydrogen-bond acceptors (Lipinski definition) is 1. The largest absolute Gasteiger partial charge is 0.381 e. The fourth-order valence-electron chi connectivity index (χ4n) is 2.73. The smallest absolute Gasteiger partial charge is 0.0652 e. The highest BCUT2D eigenvalue weighted by Crippen LogP contribution is 2.46. The lowest BCUT2D eigenvalue weighted by Gasteiger charge is -2.53. The van der Waals surface area contributed by atoms with Crippen LogP contribution in [0.4, 0.5) is 0 Å². The van der Waals surface area contributed by atoms with Crippen molar-refractivity contribution in [3.63, 3.8) is 0 Å². The van der Waals surface area contributed by atoms with E-state index >= 15 is 0 Å². The Morgan fingerprint density at radius 2 is 1.47 bits per heavy atom. The van der Waals surface area contributed by atoms with Crippen molar-refractivity contribution < 1.29 is 0 Å². The summed E-state index contributed by atoms with van der Waals surface area (Å²) in [5.41, 5.74) is 1.76. The van der Waals surface area contributed by atoms with Crippen LogP contribution in [0.5, 0.6) is 0 Å². The Bertz CT molecular complexity index is 280. The molecule has 0 amide bonds. The van der Waals surface area contributed by atoms with E-state index in [1.807, 2.05) is 0 Å². The summed E-state index contributed by atoms with van der Waals surface area (Å²) >= 11 is 0. The van der Waals surface area contributed by atoms with E-state index in [9.17, 15) is 0 Å². The highest BCUT2D eigenvalue weighted by molar-refractivity contribution is 5.32. The SMILES string of the molecule is CC1=CC(C(C)(C)C)(C(C)(C)C)NC=C1. The van der Waals surface area contributed by atoms with Crippen LogP contribution in [0.25, 0.3) is 0 Å². The maximum Gasteiger partial charge on any atom is 0.0652 e. The first-order valence-corrected chi connectivity index (χ1v) is 5.74. The molecular formula is C14H25N. The zero-order chi connectivity index (χ0) is 11.9. The van der Waals surface area contributed by atoms with Crippen molar-refractivity contribution in [1.82, 2.24) is 5.32 Å². The molecule has 0 aromatic rings. The Labute approximate surface area is 94.6 Å². The molecule has 1 nitrogen and oxygen atoms in total. The zero-order valence-corrected chi connectivity index (χ0v) is 11.2. The number of hydrogen-bond donors (Lipinski definition) is 1. The highest BCUT2D eigenvalue weighted by Gasteiger charge is 2.49. The molecule has 0 aliphatic carbocycles. The van der Waals surface area contributed by atoms with Crippen LogP contribution in [-0.4, -0.2) is 5.54 Å². The molecular weight excluding hydrogens is 182 g/mol. The summed E-state index contributed by atoms with van der Waals surface area (Å²) in [5.74, 6) is 0. The predicted octanol–water partition coefficient (Wildman–Crippen LogP) is 3.88. The summed E-state index contributed by atoms with van der Waals surface area (Å²) in [4.78, 5) is 0. The molecule has 0 aromatic carbocycles. The minimum Gasteiger partial charge on any atom is -0.381 e. The second-order valence-electron chi connectivity index (χ2n) is 6.67. The van der Waals surface area contributed by atoms with Crippen LogP contribution in [0.1, 0.15) is 48.5 Å². The Kier molecular flexibility index (Phi) is 2.80. The summed E-state index contributed by atoms with van der Waals surface area (Å²) in [6.07, 6.45) is 6.61. The fraction of sp³-hybridized carbons (Fsp3) is 0.714. The molecule has 0 fully saturated rings. The molecule has 15 heavy (non-hydrogen) atoms. The van der Waals surface area contributed by atoms with Crippen LogP contribution in [0.15, 0.2) is 23.9 Å². The molecule has 86 valence electrons. The van der Waals surface area contributed by atoms with Gasteiger partial charge < -0.3 is 5.32 Å². The first-order chi connectivity index (χ1) is 6.60. The van der Waals surface area contributed by atoms with Crippen LogP contribution >= 0.6 is 0 Å². The van der Waals surface area contributed by atoms with Gasteiger partial charge in [0.15, 0.2) is 0 Å². The normalized spacial score (nSPS) is 20.9. The van der Waals surface area contributed by atoms with E-state index in [1.165, 1.54) is 5.57 Å². The molecule has 1 aliphatic rings. The summed E-state index contributed by atoms with van der Waals surface area (Å²) < 4.78 is 0. The maximum atomic E-state index is 3.59. The Morgan fingerprint density at radius 1 is 1.00 bits per heavy atom. The standard InChI is InChI=1S/C14H25N/c1-11-8-9-15-14(10-11,12(2,3)4)13(5,6)7/h8-10,15H,1-7H3. The summed E-state index contributed by atoms with van der Waals surface area (Å²) in [6.45, 7) is 16.0. The van der Waals surface area contributed by atoms with Gasteiger partial charge in [0.2, 0.25) is 0 Å². The van der Waals surface area contributed by atoms with Gasteiger partial charge in [-0.05, 0) is 30.0 Å². The highest BCUT2D eigenvalue weighted by atomic mass is 15.0. The summed E-state index contributed by atoms with van der Waals surface area (Å²) in [5, 5.41) is 3.59. The number of rotatable bonds is 0. The molecule has 0 atom stereocenters. The Hall–Kier alpha value is -0.720. The monoisotopic (exact) mass is 207 g/mol. The van der Waals surface area contributed by atoms with Crippen LogP contribution in [0, 0.1) is 10.8 Å². The summed E-state index contributed by atoms with van der Waals surface area (Å²) in [6, 6.07) is 0. The van der Waals surface area contributed by atoms with Crippen molar-refractivity contribution >= 4 is 0 Å². The molecule has 0 saturated heterocycles. The van der Waals surface area contributed by atoms with E-state index < -0.39 is 0 Å². The average Bonchev–Trinajstić information content (AvgIpc) is 1.99. The Morgan fingerprint density at radius 3 is 1.73 bits per heavy atom. The van der Waals surface area contributed by atoms with E-state index in [4.69, 9.17) is 0 Å². The van der Waals surface area contributed by atoms with E-state index in [-0.39, 0.29) is 16.4 Å². The lowest BCUT2D eigenvalue weighted by Crippen LogP contribution is -2.60. The molecule has 1 heteroatoms. The molecule has 1 heterocycles. The van der Waals surface area contributed by atoms with Gasteiger partial charge in [-0.15, -0.1) is 0 Å². The molecule has 1 N–H and O–H groups in total. The molecule has 0 unspecified atom stereocenters. The summed E-state index contributed by atoms with van der Waals surface area (Å²) in [7, 11) is 0. The van der Waals surface area contributed by atoms with Crippen LogP contribution in [0.3, 0.4) is 0 Å². The van der Waals surface area contributed by atoms with Gasteiger partial charge in [0.25, 0.3) is 0 Å².